The van der Waals surface area contributed by atoms with Crippen molar-refractivity contribution in [3.63, 3.8) is 0 Å². The van der Waals surface area contributed by atoms with Gasteiger partial charge in [0.25, 0.3) is 5.91 Å². The maximum Gasteiger partial charge on any atom is 0.325 e. The molecule has 3 amide bonds. The van der Waals surface area contributed by atoms with Gasteiger partial charge >= 0.3 is 6.03 Å². The molecular weight excluding hydrogens is 317 g/mol. The SMILES string of the molecule is C[C@]1(c2ccsc2)NC(=O)N(Cc2ccc(C#N)cc2F)C1=O. The Morgan fingerprint density at radius 3 is 2.78 bits per heavy atom. The van der Waals surface area contributed by atoms with Crippen molar-refractivity contribution in [2.24, 2.45) is 0 Å². The fraction of sp³-hybridized carbons (Fsp3) is 0.188. The van der Waals surface area contributed by atoms with Gasteiger partial charge in [0, 0.05) is 5.56 Å². The van der Waals surface area contributed by atoms with Crippen molar-refractivity contribution in [2.45, 2.75) is 19.0 Å². The molecule has 1 aromatic carbocycles. The summed E-state index contributed by atoms with van der Waals surface area (Å²) in [4.78, 5) is 25.8. The maximum atomic E-state index is 14.0. The number of amides is 3. The molecule has 0 spiro atoms. The third-order valence-electron chi connectivity index (χ3n) is 3.88. The molecule has 1 N–H and O–H groups in total. The number of urea groups is 1. The van der Waals surface area contributed by atoms with Crippen LogP contribution in [0.15, 0.2) is 35.0 Å². The summed E-state index contributed by atoms with van der Waals surface area (Å²) in [5.41, 5.74) is -0.0718. The molecule has 0 bridgehead atoms. The molecule has 2 aromatic rings. The van der Waals surface area contributed by atoms with E-state index in [2.05, 4.69) is 5.32 Å². The second-order valence-corrected chi connectivity index (χ2v) is 6.16. The Labute approximate surface area is 136 Å². The van der Waals surface area contributed by atoms with Gasteiger partial charge in [-0.3, -0.25) is 9.69 Å². The molecular formula is C16H12FN3O2S. The van der Waals surface area contributed by atoms with Crippen molar-refractivity contribution >= 4 is 23.3 Å². The molecule has 1 fully saturated rings. The van der Waals surface area contributed by atoms with Crippen molar-refractivity contribution in [1.29, 1.82) is 5.26 Å². The van der Waals surface area contributed by atoms with Crippen molar-refractivity contribution < 1.29 is 14.0 Å². The van der Waals surface area contributed by atoms with E-state index in [-0.39, 0.29) is 17.7 Å². The van der Waals surface area contributed by atoms with Crippen LogP contribution in [0, 0.1) is 17.1 Å². The van der Waals surface area contributed by atoms with Crippen molar-refractivity contribution in [3.05, 3.63) is 57.5 Å². The number of thiophene rings is 1. The number of nitrogens with one attached hydrogen (secondary N) is 1. The predicted octanol–water partition coefficient (Wildman–Crippen LogP) is 2.73. The van der Waals surface area contributed by atoms with Crippen LogP contribution in [0.1, 0.15) is 23.6 Å². The van der Waals surface area contributed by atoms with Gasteiger partial charge in [-0.1, -0.05) is 6.07 Å². The van der Waals surface area contributed by atoms with Gasteiger partial charge < -0.3 is 5.32 Å². The van der Waals surface area contributed by atoms with E-state index in [4.69, 9.17) is 5.26 Å². The number of hydrogen-bond donors (Lipinski definition) is 1. The Hall–Kier alpha value is -2.72. The molecule has 0 unspecified atom stereocenters. The molecule has 0 radical (unpaired) electrons. The highest BCUT2D eigenvalue weighted by atomic mass is 32.1. The maximum absolute atomic E-state index is 14.0. The molecule has 0 saturated carbocycles. The van der Waals surface area contributed by atoms with Crippen LogP contribution in [-0.4, -0.2) is 16.8 Å². The summed E-state index contributed by atoms with van der Waals surface area (Å²) in [6.45, 7) is 1.45. The van der Waals surface area contributed by atoms with Gasteiger partial charge in [-0.25, -0.2) is 9.18 Å². The first kappa shape index (κ1) is 15.2. The third-order valence-corrected chi connectivity index (χ3v) is 4.57. The predicted molar refractivity (Wildman–Crippen MR) is 81.9 cm³/mol. The van der Waals surface area contributed by atoms with Gasteiger partial charge in [-0.2, -0.15) is 16.6 Å². The topological polar surface area (TPSA) is 73.2 Å². The molecule has 1 saturated heterocycles. The van der Waals surface area contributed by atoms with Crippen LogP contribution >= 0.6 is 11.3 Å². The highest BCUT2D eigenvalue weighted by Gasteiger charge is 2.49. The van der Waals surface area contributed by atoms with Crippen LogP contribution in [0.4, 0.5) is 9.18 Å². The molecule has 1 atom stereocenters. The van der Waals surface area contributed by atoms with Crippen LogP contribution in [-0.2, 0) is 16.9 Å². The standard InChI is InChI=1S/C16H12FN3O2S/c1-16(12-4-5-23-9-12)14(21)20(15(22)19-16)8-11-3-2-10(7-18)6-13(11)17/h2-6,9H,8H2,1H3,(H,19,22)/t16-/m1/s1. The summed E-state index contributed by atoms with van der Waals surface area (Å²) >= 11 is 1.43. The second kappa shape index (κ2) is 5.48. The Balaban J connectivity index is 1.89. The highest BCUT2D eigenvalue weighted by Crippen LogP contribution is 2.31. The number of nitrogens with zero attached hydrogens (tertiary/aromatic N) is 2. The minimum absolute atomic E-state index is 0.179. The molecule has 23 heavy (non-hydrogen) atoms. The number of rotatable bonds is 3. The molecule has 0 aliphatic carbocycles. The van der Waals surface area contributed by atoms with Crippen LogP contribution in [0.2, 0.25) is 0 Å². The van der Waals surface area contributed by atoms with E-state index in [1.807, 2.05) is 11.4 Å². The zero-order chi connectivity index (χ0) is 16.6. The lowest BCUT2D eigenvalue weighted by Crippen LogP contribution is -2.40. The van der Waals surface area contributed by atoms with Crippen LogP contribution in [0.5, 0.6) is 0 Å². The quantitative estimate of drug-likeness (QED) is 0.880. The Bertz CT molecular complexity index is 828. The zero-order valence-corrected chi connectivity index (χ0v) is 13.0. The van der Waals surface area contributed by atoms with Gasteiger partial charge in [0.2, 0.25) is 0 Å². The summed E-state index contributed by atoms with van der Waals surface area (Å²) in [6, 6.07) is 7.00. The molecule has 3 rings (SSSR count). The fourth-order valence-corrected chi connectivity index (χ4v) is 3.27. The number of carbonyl (C=O) groups excluding carboxylic acids is 2. The lowest BCUT2D eigenvalue weighted by atomic mass is 9.95. The molecule has 7 heteroatoms. The molecule has 1 aliphatic heterocycles. The van der Waals surface area contributed by atoms with Crippen molar-refractivity contribution in [3.8, 4) is 6.07 Å². The van der Waals surface area contributed by atoms with Crippen LogP contribution in [0.3, 0.4) is 0 Å². The number of hydrogen-bond acceptors (Lipinski definition) is 4. The van der Waals surface area contributed by atoms with E-state index < -0.39 is 23.3 Å². The minimum Gasteiger partial charge on any atom is -0.319 e. The number of benzene rings is 1. The number of carbonyl (C=O) groups is 2. The smallest absolute Gasteiger partial charge is 0.319 e. The molecule has 1 aliphatic rings. The number of imide groups is 1. The van der Waals surface area contributed by atoms with Crippen LogP contribution in [0.25, 0.3) is 0 Å². The summed E-state index contributed by atoms with van der Waals surface area (Å²) in [7, 11) is 0. The van der Waals surface area contributed by atoms with Crippen molar-refractivity contribution in [1.82, 2.24) is 10.2 Å². The monoisotopic (exact) mass is 329 g/mol. The number of halogens is 1. The summed E-state index contributed by atoms with van der Waals surface area (Å²) in [6.07, 6.45) is 0. The summed E-state index contributed by atoms with van der Waals surface area (Å²) in [5, 5.41) is 15.0. The molecule has 1 aromatic heterocycles. The highest BCUT2D eigenvalue weighted by molar-refractivity contribution is 7.08. The fourth-order valence-electron chi connectivity index (χ4n) is 2.50. The van der Waals surface area contributed by atoms with Gasteiger partial charge in [0.15, 0.2) is 0 Å². The first-order valence-corrected chi connectivity index (χ1v) is 7.75. The lowest BCUT2D eigenvalue weighted by molar-refractivity contribution is -0.131. The number of nitriles is 1. The zero-order valence-electron chi connectivity index (χ0n) is 12.2. The van der Waals surface area contributed by atoms with E-state index in [0.29, 0.717) is 5.56 Å². The average molecular weight is 329 g/mol. The summed E-state index contributed by atoms with van der Waals surface area (Å²) < 4.78 is 14.0. The van der Waals surface area contributed by atoms with E-state index in [1.54, 1.807) is 18.4 Å². The van der Waals surface area contributed by atoms with E-state index in [1.165, 1.54) is 23.5 Å². The molecule has 5 nitrogen and oxygen atoms in total. The van der Waals surface area contributed by atoms with E-state index in [0.717, 1.165) is 11.0 Å². The van der Waals surface area contributed by atoms with Crippen LogP contribution < -0.4 is 5.32 Å². The van der Waals surface area contributed by atoms with E-state index in [9.17, 15) is 14.0 Å². The van der Waals surface area contributed by atoms with E-state index >= 15 is 0 Å². The largest absolute Gasteiger partial charge is 0.325 e. The Kier molecular flexibility index (Phi) is 3.62. The molecule has 2 heterocycles. The minimum atomic E-state index is -1.14. The van der Waals surface area contributed by atoms with Gasteiger partial charge in [-0.05, 0) is 41.4 Å². The van der Waals surface area contributed by atoms with Gasteiger partial charge in [0.05, 0.1) is 18.2 Å². The normalized spacial score (nSPS) is 20.5. The third kappa shape index (κ3) is 2.47. The average Bonchev–Trinajstić information content (AvgIpc) is 3.13. The summed E-state index contributed by atoms with van der Waals surface area (Å²) in [5.74, 6) is -1.04. The first-order chi connectivity index (χ1) is 11.0. The van der Waals surface area contributed by atoms with Crippen molar-refractivity contribution in [2.75, 3.05) is 0 Å². The molecule has 116 valence electrons. The first-order valence-electron chi connectivity index (χ1n) is 6.81. The van der Waals surface area contributed by atoms with Gasteiger partial charge in [0.1, 0.15) is 11.4 Å². The second-order valence-electron chi connectivity index (χ2n) is 5.38. The lowest BCUT2D eigenvalue weighted by Gasteiger charge is -2.20. The van der Waals surface area contributed by atoms with Gasteiger partial charge in [-0.15, -0.1) is 0 Å². The Morgan fingerprint density at radius 1 is 1.39 bits per heavy atom. The Morgan fingerprint density at radius 2 is 2.17 bits per heavy atom.